The van der Waals surface area contributed by atoms with E-state index in [-0.39, 0.29) is 11.4 Å². The smallest absolute Gasteiger partial charge is 0.324 e. The van der Waals surface area contributed by atoms with Crippen LogP contribution in [0.5, 0.6) is 0 Å². The highest BCUT2D eigenvalue weighted by Crippen LogP contribution is 2.31. The number of ether oxygens (including phenoxy) is 1. The molecule has 0 aromatic heterocycles. The van der Waals surface area contributed by atoms with Crippen LogP contribution < -0.4 is 4.90 Å². The molecule has 1 unspecified atom stereocenters. The van der Waals surface area contributed by atoms with Crippen molar-refractivity contribution in [2.75, 3.05) is 25.1 Å². The molecule has 1 aliphatic rings. The third kappa shape index (κ3) is 4.80. The van der Waals surface area contributed by atoms with Gasteiger partial charge in [-0.1, -0.05) is 35.9 Å². The number of likely N-dealkylation sites (N-methyl/N-ethyl adjacent to an activating group) is 1. The van der Waals surface area contributed by atoms with Crippen LogP contribution in [0.15, 0.2) is 47.4 Å². The minimum Gasteiger partial charge on any atom is -0.454 e. The molecule has 1 fully saturated rings. The number of hydrogen-bond donors (Lipinski definition) is 0. The standard InChI is InChI=1S/C23H28N2O5S/c1-16-13-17(2)22(18(3)14-16)31(28,29)25-12-8-11-20(25)23(27)30-15-21(26)24(4)19-9-6-5-7-10-19/h5-7,9-10,13-14,20H,8,11-12,15H2,1-4H3. The summed E-state index contributed by atoms with van der Waals surface area (Å²) in [4.78, 5) is 26.8. The van der Waals surface area contributed by atoms with Crippen LogP contribution in [0.3, 0.4) is 0 Å². The van der Waals surface area contributed by atoms with E-state index in [4.69, 9.17) is 4.74 Å². The van der Waals surface area contributed by atoms with Crippen LogP contribution in [0.2, 0.25) is 0 Å². The summed E-state index contributed by atoms with van der Waals surface area (Å²) in [5.74, 6) is -1.09. The molecule has 7 nitrogen and oxygen atoms in total. The Kier molecular flexibility index (Phi) is 6.81. The Balaban J connectivity index is 1.73. The summed E-state index contributed by atoms with van der Waals surface area (Å²) in [6.45, 7) is 5.22. The zero-order valence-corrected chi connectivity index (χ0v) is 19.1. The van der Waals surface area contributed by atoms with Gasteiger partial charge in [-0.2, -0.15) is 4.31 Å². The number of amides is 1. The molecule has 8 heteroatoms. The first-order valence-corrected chi connectivity index (χ1v) is 11.6. The van der Waals surface area contributed by atoms with Gasteiger partial charge in [-0.25, -0.2) is 8.42 Å². The number of carbonyl (C=O) groups is 2. The molecule has 166 valence electrons. The Hall–Kier alpha value is -2.71. The lowest BCUT2D eigenvalue weighted by Crippen LogP contribution is -2.43. The minimum atomic E-state index is -3.87. The van der Waals surface area contributed by atoms with E-state index in [2.05, 4.69) is 0 Å². The van der Waals surface area contributed by atoms with Crippen molar-refractivity contribution in [3.63, 3.8) is 0 Å². The van der Waals surface area contributed by atoms with E-state index in [1.54, 1.807) is 45.2 Å². The van der Waals surface area contributed by atoms with E-state index in [1.165, 1.54) is 9.21 Å². The van der Waals surface area contributed by atoms with Crippen molar-refractivity contribution >= 4 is 27.6 Å². The van der Waals surface area contributed by atoms with Gasteiger partial charge in [0.1, 0.15) is 6.04 Å². The molecule has 0 saturated carbocycles. The van der Waals surface area contributed by atoms with Crippen LogP contribution >= 0.6 is 0 Å². The summed E-state index contributed by atoms with van der Waals surface area (Å²) in [7, 11) is -2.27. The number of nitrogens with zero attached hydrogens (tertiary/aromatic N) is 2. The summed E-state index contributed by atoms with van der Waals surface area (Å²) >= 11 is 0. The molecule has 1 aliphatic heterocycles. The number of anilines is 1. The van der Waals surface area contributed by atoms with E-state index >= 15 is 0 Å². The molecule has 0 spiro atoms. The highest BCUT2D eigenvalue weighted by Gasteiger charge is 2.41. The van der Waals surface area contributed by atoms with Gasteiger partial charge in [0.25, 0.3) is 5.91 Å². The van der Waals surface area contributed by atoms with Crippen LogP contribution in [-0.4, -0.2) is 50.8 Å². The van der Waals surface area contributed by atoms with Crippen LogP contribution in [0, 0.1) is 20.8 Å². The van der Waals surface area contributed by atoms with E-state index < -0.39 is 34.5 Å². The highest BCUT2D eigenvalue weighted by atomic mass is 32.2. The fraction of sp³-hybridized carbons (Fsp3) is 0.391. The Labute approximate surface area is 183 Å². The molecule has 1 saturated heterocycles. The Morgan fingerprint density at radius 3 is 2.32 bits per heavy atom. The zero-order chi connectivity index (χ0) is 22.8. The number of hydrogen-bond acceptors (Lipinski definition) is 5. The topological polar surface area (TPSA) is 84.0 Å². The molecule has 2 aromatic rings. The van der Waals surface area contributed by atoms with Crippen molar-refractivity contribution < 1.29 is 22.7 Å². The molecule has 0 aliphatic carbocycles. The monoisotopic (exact) mass is 444 g/mol. The number of sulfonamides is 1. The van der Waals surface area contributed by atoms with Gasteiger partial charge in [0.05, 0.1) is 4.90 Å². The van der Waals surface area contributed by atoms with Crippen molar-refractivity contribution in [2.24, 2.45) is 0 Å². The summed E-state index contributed by atoms with van der Waals surface area (Å²) < 4.78 is 33.2. The summed E-state index contributed by atoms with van der Waals surface area (Å²) in [5, 5.41) is 0. The average molecular weight is 445 g/mol. The molecule has 0 radical (unpaired) electrons. The highest BCUT2D eigenvalue weighted by molar-refractivity contribution is 7.89. The number of para-hydroxylation sites is 1. The molecule has 0 N–H and O–H groups in total. The van der Waals surface area contributed by atoms with Gasteiger partial charge in [-0.3, -0.25) is 9.59 Å². The normalized spacial score (nSPS) is 16.8. The molecule has 2 aromatic carbocycles. The Morgan fingerprint density at radius 2 is 1.71 bits per heavy atom. The van der Waals surface area contributed by atoms with Crippen molar-refractivity contribution in [2.45, 2.75) is 44.6 Å². The summed E-state index contributed by atoms with van der Waals surface area (Å²) in [6.07, 6.45) is 0.922. The number of benzene rings is 2. The van der Waals surface area contributed by atoms with Gasteiger partial charge in [-0.15, -0.1) is 0 Å². The van der Waals surface area contributed by atoms with Gasteiger partial charge in [0.15, 0.2) is 6.61 Å². The number of carbonyl (C=O) groups excluding carboxylic acids is 2. The fourth-order valence-electron chi connectivity index (χ4n) is 4.08. The lowest BCUT2D eigenvalue weighted by molar-refractivity contribution is -0.151. The molecule has 0 bridgehead atoms. The van der Waals surface area contributed by atoms with E-state index in [1.807, 2.05) is 25.1 Å². The minimum absolute atomic E-state index is 0.234. The predicted octanol–water partition coefficient (Wildman–Crippen LogP) is 2.97. The SMILES string of the molecule is Cc1cc(C)c(S(=O)(=O)N2CCCC2C(=O)OCC(=O)N(C)c2ccccc2)c(C)c1. The molecule has 1 amide bonds. The van der Waals surface area contributed by atoms with Crippen molar-refractivity contribution in [3.05, 3.63) is 59.2 Å². The van der Waals surface area contributed by atoms with Crippen LogP contribution in [-0.2, 0) is 24.3 Å². The van der Waals surface area contributed by atoms with E-state index in [9.17, 15) is 18.0 Å². The molecular weight excluding hydrogens is 416 g/mol. The number of rotatable bonds is 6. The van der Waals surface area contributed by atoms with E-state index in [0.29, 0.717) is 29.7 Å². The second-order valence-corrected chi connectivity index (χ2v) is 9.73. The van der Waals surface area contributed by atoms with Gasteiger partial charge in [-0.05, 0) is 56.9 Å². The van der Waals surface area contributed by atoms with Crippen LogP contribution in [0.25, 0.3) is 0 Å². The maximum Gasteiger partial charge on any atom is 0.324 e. The summed E-state index contributed by atoms with van der Waals surface area (Å²) in [5.41, 5.74) is 2.96. The van der Waals surface area contributed by atoms with Crippen molar-refractivity contribution in [3.8, 4) is 0 Å². The second kappa shape index (κ2) is 9.20. The fourth-order valence-corrected chi connectivity index (χ4v) is 6.14. The zero-order valence-electron chi connectivity index (χ0n) is 18.3. The van der Waals surface area contributed by atoms with Crippen molar-refractivity contribution in [1.82, 2.24) is 4.31 Å². The number of aryl methyl sites for hydroxylation is 3. The van der Waals surface area contributed by atoms with Crippen LogP contribution in [0.4, 0.5) is 5.69 Å². The van der Waals surface area contributed by atoms with Gasteiger partial charge in [0.2, 0.25) is 10.0 Å². The van der Waals surface area contributed by atoms with Gasteiger partial charge in [0, 0.05) is 19.3 Å². The largest absolute Gasteiger partial charge is 0.454 e. The Bertz CT molecular complexity index is 1060. The van der Waals surface area contributed by atoms with Crippen molar-refractivity contribution in [1.29, 1.82) is 0 Å². The lowest BCUT2D eigenvalue weighted by atomic mass is 10.1. The molecular formula is C23H28N2O5S. The second-order valence-electron chi connectivity index (χ2n) is 7.90. The average Bonchev–Trinajstić information content (AvgIpc) is 3.22. The van der Waals surface area contributed by atoms with Gasteiger partial charge >= 0.3 is 5.97 Å². The third-order valence-electron chi connectivity index (χ3n) is 5.50. The van der Waals surface area contributed by atoms with E-state index in [0.717, 1.165) is 5.56 Å². The number of esters is 1. The first-order chi connectivity index (χ1) is 14.6. The predicted molar refractivity (Wildman–Crippen MR) is 118 cm³/mol. The Morgan fingerprint density at radius 1 is 1.10 bits per heavy atom. The van der Waals surface area contributed by atoms with Gasteiger partial charge < -0.3 is 9.64 Å². The molecule has 31 heavy (non-hydrogen) atoms. The first-order valence-electron chi connectivity index (χ1n) is 10.2. The summed E-state index contributed by atoms with van der Waals surface area (Å²) in [6, 6.07) is 11.7. The molecule has 3 rings (SSSR count). The first kappa shape index (κ1) is 23.0. The maximum atomic E-state index is 13.4. The maximum absolute atomic E-state index is 13.4. The third-order valence-corrected chi connectivity index (χ3v) is 7.72. The lowest BCUT2D eigenvalue weighted by Gasteiger charge is -2.25. The van der Waals surface area contributed by atoms with Crippen LogP contribution in [0.1, 0.15) is 29.5 Å². The quantitative estimate of drug-likeness (QED) is 0.640. The molecule has 1 heterocycles. The molecule has 1 atom stereocenters.